The van der Waals surface area contributed by atoms with E-state index in [0.717, 1.165) is 49.4 Å². The lowest BCUT2D eigenvalue weighted by Gasteiger charge is -2.25. The van der Waals surface area contributed by atoms with E-state index >= 15 is 0 Å². The Morgan fingerprint density at radius 1 is 1.19 bits per heavy atom. The van der Waals surface area contributed by atoms with Crippen LogP contribution in [0, 0.1) is 11.3 Å². The number of aromatic nitrogens is 3. The van der Waals surface area contributed by atoms with E-state index in [1.54, 1.807) is 6.07 Å². The first-order valence-corrected chi connectivity index (χ1v) is 11.1. The monoisotopic (exact) mass is 437 g/mol. The van der Waals surface area contributed by atoms with E-state index in [2.05, 4.69) is 5.32 Å². The lowest BCUT2D eigenvalue weighted by molar-refractivity contribution is 0.0957. The number of nitrogens with zero attached hydrogens (tertiary/aromatic N) is 3. The van der Waals surface area contributed by atoms with Crippen LogP contribution in [0.15, 0.2) is 36.5 Å². The first-order chi connectivity index (χ1) is 15.5. The topological polar surface area (TPSA) is 125 Å². The number of hydrogen-bond donors (Lipinski definition) is 4. The number of carbonyl (C=O) groups is 1. The molecule has 1 amide bonds. The van der Waals surface area contributed by atoms with Crippen LogP contribution in [-0.2, 0) is 0 Å². The molecule has 3 aromatic rings. The van der Waals surface area contributed by atoms with Gasteiger partial charge in [-0.2, -0.15) is 9.83 Å². The van der Waals surface area contributed by atoms with Crippen molar-refractivity contribution in [2.45, 2.75) is 50.7 Å². The molecule has 0 saturated heterocycles. The summed E-state index contributed by atoms with van der Waals surface area (Å²) < 4.78 is 8.53. The van der Waals surface area contributed by atoms with Gasteiger partial charge in [-0.05, 0) is 62.6 Å². The number of aliphatic hydroxyl groups is 1. The highest BCUT2D eigenvalue weighted by Crippen LogP contribution is 2.35. The Morgan fingerprint density at radius 3 is 2.72 bits per heavy atom. The number of fused-ring (bicyclic) bond motifs is 1. The molecule has 9 nitrogen and oxygen atoms in total. The van der Waals surface area contributed by atoms with E-state index in [4.69, 9.17) is 15.2 Å². The van der Waals surface area contributed by atoms with Crippen LogP contribution < -0.4 is 15.5 Å². The third-order valence-corrected chi connectivity index (χ3v) is 6.28. The van der Waals surface area contributed by atoms with E-state index in [-0.39, 0.29) is 23.3 Å². The summed E-state index contributed by atoms with van der Waals surface area (Å²) in [5.74, 6) is 0.541. The van der Waals surface area contributed by atoms with Crippen LogP contribution >= 0.6 is 0 Å². The van der Waals surface area contributed by atoms with Gasteiger partial charge in [0.2, 0.25) is 0 Å². The van der Waals surface area contributed by atoms with Crippen molar-refractivity contribution in [3.05, 3.63) is 47.7 Å². The zero-order chi connectivity index (χ0) is 22.2. The Labute approximate surface area is 184 Å². The second kappa shape index (κ2) is 8.31. The van der Waals surface area contributed by atoms with Crippen molar-refractivity contribution in [3.63, 3.8) is 0 Å². The maximum Gasteiger partial charge on any atom is 0.275 e. The predicted molar refractivity (Wildman–Crippen MR) is 117 cm³/mol. The predicted octanol–water partition coefficient (Wildman–Crippen LogP) is 3.07. The minimum Gasteiger partial charge on any atom is -0.491 e. The van der Waals surface area contributed by atoms with Crippen molar-refractivity contribution in [2.24, 2.45) is 5.92 Å². The van der Waals surface area contributed by atoms with Crippen molar-refractivity contribution in [2.75, 3.05) is 11.9 Å². The molecule has 0 aliphatic heterocycles. The Hall–Kier alpha value is -3.33. The van der Waals surface area contributed by atoms with Crippen LogP contribution in [0.1, 0.15) is 55.1 Å². The summed E-state index contributed by atoms with van der Waals surface area (Å²) in [7, 11) is 0. The van der Waals surface area contributed by atoms with Gasteiger partial charge >= 0.3 is 0 Å². The van der Waals surface area contributed by atoms with Crippen molar-refractivity contribution >= 4 is 22.5 Å². The zero-order valence-electron chi connectivity index (χ0n) is 17.7. The molecule has 4 N–H and O–H groups in total. The summed E-state index contributed by atoms with van der Waals surface area (Å²) in [5.41, 5.74) is 1.06. The van der Waals surface area contributed by atoms with E-state index < -0.39 is 5.91 Å². The van der Waals surface area contributed by atoms with Gasteiger partial charge in [0, 0.05) is 17.6 Å². The number of nitrogens with one attached hydrogen (secondary N) is 2. The summed E-state index contributed by atoms with van der Waals surface area (Å²) in [6.07, 6.45) is 7.33. The zero-order valence-corrected chi connectivity index (χ0v) is 17.7. The number of hydrogen-bond acceptors (Lipinski definition) is 6. The number of amides is 1. The molecule has 2 fully saturated rings. The van der Waals surface area contributed by atoms with Gasteiger partial charge in [0.25, 0.3) is 5.91 Å². The standard InChI is InChI=1S/C23H27N5O4/c24-22-3-1-2-20(28(22)31)23(30)25-19-10-15-12-27(16-6-8-17(29)9-7-16)26-18(15)11-21(19)32-13-14-4-5-14/h1-3,10-12,14,16-17,24,29,31H,4-9,13H2,(H,25,30). The Bertz CT molecular complexity index is 1200. The molecule has 0 atom stereocenters. The highest BCUT2D eigenvalue weighted by atomic mass is 16.5. The number of rotatable bonds is 6. The van der Waals surface area contributed by atoms with Gasteiger partial charge in [-0.25, -0.2) is 0 Å². The highest BCUT2D eigenvalue weighted by molar-refractivity contribution is 6.05. The van der Waals surface area contributed by atoms with Gasteiger partial charge in [-0.3, -0.25) is 14.9 Å². The van der Waals surface area contributed by atoms with E-state index in [1.165, 1.54) is 12.1 Å². The second-order valence-corrected chi connectivity index (χ2v) is 8.80. The molecule has 2 aromatic heterocycles. The average Bonchev–Trinajstić information content (AvgIpc) is 3.52. The van der Waals surface area contributed by atoms with Crippen LogP contribution in [0.3, 0.4) is 0 Å². The van der Waals surface area contributed by atoms with E-state index in [9.17, 15) is 15.1 Å². The molecule has 0 unspecified atom stereocenters. The van der Waals surface area contributed by atoms with Gasteiger partial charge < -0.3 is 20.4 Å². The van der Waals surface area contributed by atoms with E-state index in [0.29, 0.717) is 28.7 Å². The lowest BCUT2D eigenvalue weighted by atomic mass is 9.93. The number of anilines is 1. The molecule has 1 aromatic carbocycles. The first kappa shape index (κ1) is 20.6. The van der Waals surface area contributed by atoms with Gasteiger partial charge in [-0.15, -0.1) is 0 Å². The largest absolute Gasteiger partial charge is 0.491 e. The van der Waals surface area contributed by atoms with Crippen molar-refractivity contribution in [1.82, 2.24) is 14.5 Å². The van der Waals surface area contributed by atoms with Crippen molar-refractivity contribution in [3.8, 4) is 5.75 Å². The first-order valence-electron chi connectivity index (χ1n) is 11.1. The number of pyridine rings is 1. The summed E-state index contributed by atoms with van der Waals surface area (Å²) in [6, 6.07) is 8.31. The van der Waals surface area contributed by atoms with Gasteiger partial charge in [0.05, 0.1) is 30.0 Å². The maximum absolute atomic E-state index is 12.8. The fraction of sp³-hybridized carbons (Fsp3) is 0.435. The number of aliphatic hydroxyl groups excluding tert-OH is 1. The van der Waals surface area contributed by atoms with Crippen molar-refractivity contribution < 1.29 is 19.8 Å². The van der Waals surface area contributed by atoms with Crippen LogP contribution in [0.2, 0.25) is 0 Å². The summed E-state index contributed by atoms with van der Waals surface area (Å²) >= 11 is 0. The number of ether oxygens (including phenoxy) is 1. The molecule has 2 aliphatic carbocycles. The van der Waals surface area contributed by atoms with Crippen molar-refractivity contribution in [1.29, 1.82) is 5.41 Å². The molecule has 0 spiro atoms. The average molecular weight is 438 g/mol. The fourth-order valence-corrected chi connectivity index (χ4v) is 4.15. The minimum absolute atomic E-state index is 0.0396. The molecule has 9 heteroatoms. The molecular weight excluding hydrogens is 410 g/mol. The summed E-state index contributed by atoms with van der Waals surface area (Å²) in [4.78, 5) is 12.8. The van der Waals surface area contributed by atoms with Crippen LogP contribution in [0.25, 0.3) is 10.9 Å². The van der Waals surface area contributed by atoms with Gasteiger partial charge in [-0.1, -0.05) is 6.07 Å². The molecule has 168 valence electrons. The maximum atomic E-state index is 12.8. The minimum atomic E-state index is -0.536. The summed E-state index contributed by atoms with van der Waals surface area (Å²) in [5, 5.41) is 36.0. The highest BCUT2D eigenvalue weighted by Gasteiger charge is 2.25. The fourth-order valence-electron chi connectivity index (χ4n) is 4.15. The van der Waals surface area contributed by atoms with E-state index in [1.807, 2.05) is 23.0 Å². The van der Waals surface area contributed by atoms with Gasteiger partial charge in [0.1, 0.15) is 11.4 Å². The molecule has 2 heterocycles. The molecule has 0 radical (unpaired) electrons. The Balaban J connectivity index is 1.46. The van der Waals surface area contributed by atoms with Crippen LogP contribution in [0.4, 0.5) is 5.69 Å². The lowest BCUT2D eigenvalue weighted by Crippen LogP contribution is -2.26. The third-order valence-electron chi connectivity index (χ3n) is 6.28. The Kier molecular flexibility index (Phi) is 5.34. The normalized spacial score (nSPS) is 20.9. The Morgan fingerprint density at radius 2 is 1.97 bits per heavy atom. The molecule has 2 saturated carbocycles. The number of benzene rings is 1. The van der Waals surface area contributed by atoms with Crippen LogP contribution in [0.5, 0.6) is 5.75 Å². The molecule has 32 heavy (non-hydrogen) atoms. The third kappa shape index (κ3) is 4.20. The molecule has 0 bridgehead atoms. The molecule has 5 rings (SSSR count). The molecular formula is C23H27N5O4. The van der Waals surface area contributed by atoms with Crippen LogP contribution in [-0.4, -0.2) is 43.4 Å². The smallest absolute Gasteiger partial charge is 0.275 e. The molecule has 2 aliphatic rings. The SMILES string of the molecule is N=c1cccc(C(=O)Nc2cc3cn(C4CCC(O)CC4)nc3cc2OCC2CC2)n1O. The summed E-state index contributed by atoms with van der Waals surface area (Å²) in [6.45, 7) is 0.581. The quantitative estimate of drug-likeness (QED) is 0.441. The number of carbonyl (C=O) groups excluding carboxylic acids is 1. The second-order valence-electron chi connectivity index (χ2n) is 8.80. The van der Waals surface area contributed by atoms with Gasteiger partial charge in [0.15, 0.2) is 5.49 Å².